The van der Waals surface area contributed by atoms with Gasteiger partial charge in [-0.05, 0) is 31.6 Å². The maximum atomic E-state index is 13.1. The summed E-state index contributed by atoms with van der Waals surface area (Å²) < 4.78 is 68.3. The van der Waals surface area contributed by atoms with Crippen LogP contribution in [0.5, 0.6) is 0 Å². The van der Waals surface area contributed by atoms with E-state index >= 15 is 0 Å². The molecular formula is C74H144O17P2. The van der Waals surface area contributed by atoms with Gasteiger partial charge < -0.3 is 33.8 Å². The van der Waals surface area contributed by atoms with Crippen molar-refractivity contribution in [2.24, 2.45) is 5.92 Å². The third-order valence-electron chi connectivity index (χ3n) is 17.3. The summed E-state index contributed by atoms with van der Waals surface area (Å²) in [5, 5.41) is 10.6. The zero-order chi connectivity index (χ0) is 68.4. The van der Waals surface area contributed by atoms with E-state index in [9.17, 15) is 43.2 Å². The summed E-state index contributed by atoms with van der Waals surface area (Å²) >= 11 is 0. The van der Waals surface area contributed by atoms with E-state index in [1.807, 2.05) is 0 Å². The van der Waals surface area contributed by atoms with Crippen LogP contribution < -0.4 is 0 Å². The molecule has 0 aromatic heterocycles. The molecule has 0 spiro atoms. The summed E-state index contributed by atoms with van der Waals surface area (Å²) in [5.74, 6) is -1.40. The topological polar surface area (TPSA) is 237 Å². The van der Waals surface area contributed by atoms with Crippen LogP contribution in [-0.2, 0) is 65.4 Å². The lowest BCUT2D eigenvalue weighted by Crippen LogP contribution is -2.30. The van der Waals surface area contributed by atoms with E-state index in [1.54, 1.807) is 0 Å². The summed E-state index contributed by atoms with van der Waals surface area (Å²) in [7, 11) is -9.90. The normalized spacial score (nSPS) is 14.0. The fourth-order valence-corrected chi connectivity index (χ4v) is 12.9. The van der Waals surface area contributed by atoms with Gasteiger partial charge in [0.25, 0.3) is 0 Å². The molecule has 17 nitrogen and oxygen atoms in total. The van der Waals surface area contributed by atoms with Gasteiger partial charge in [0.1, 0.15) is 19.3 Å². The number of carbonyl (C=O) groups is 4. The number of carbonyl (C=O) groups excluding carboxylic acids is 4. The molecule has 0 bridgehead atoms. The van der Waals surface area contributed by atoms with Crippen molar-refractivity contribution in [2.45, 2.75) is 406 Å². The Hall–Kier alpha value is -1.94. The number of unbranched alkanes of at least 4 members (excludes halogenated alkanes) is 46. The van der Waals surface area contributed by atoms with E-state index in [1.165, 1.54) is 199 Å². The maximum absolute atomic E-state index is 13.1. The molecule has 552 valence electrons. The third kappa shape index (κ3) is 68.4. The van der Waals surface area contributed by atoms with E-state index in [4.69, 9.17) is 37.0 Å². The summed E-state index contributed by atoms with van der Waals surface area (Å²) in [6, 6.07) is 0. The van der Waals surface area contributed by atoms with Gasteiger partial charge in [0.05, 0.1) is 26.4 Å². The Labute approximate surface area is 568 Å². The molecule has 93 heavy (non-hydrogen) atoms. The van der Waals surface area contributed by atoms with Gasteiger partial charge in [0.2, 0.25) is 0 Å². The van der Waals surface area contributed by atoms with E-state index in [-0.39, 0.29) is 25.7 Å². The monoisotopic (exact) mass is 1370 g/mol. The van der Waals surface area contributed by atoms with Crippen molar-refractivity contribution in [2.75, 3.05) is 39.6 Å². The Morgan fingerprint density at radius 3 is 0.731 bits per heavy atom. The average Bonchev–Trinajstić information content (AvgIpc) is 3.33. The van der Waals surface area contributed by atoms with Crippen molar-refractivity contribution in [1.82, 2.24) is 0 Å². The van der Waals surface area contributed by atoms with E-state index in [2.05, 4.69) is 34.6 Å². The average molecular weight is 1370 g/mol. The quantitative estimate of drug-likeness (QED) is 0.0222. The van der Waals surface area contributed by atoms with Gasteiger partial charge in [-0.3, -0.25) is 37.3 Å². The van der Waals surface area contributed by atoms with Gasteiger partial charge >= 0.3 is 39.5 Å². The van der Waals surface area contributed by atoms with E-state index in [0.29, 0.717) is 25.7 Å². The largest absolute Gasteiger partial charge is 0.472 e. The summed E-state index contributed by atoms with van der Waals surface area (Å²) in [5.41, 5.74) is 0. The lowest BCUT2D eigenvalue weighted by Gasteiger charge is -2.21. The number of ether oxygens (including phenoxy) is 4. The summed E-state index contributed by atoms with van der Waals surface area (Å²) in [6.45, 7) is 7.19. The number of esters is 4. The van der Waals surface area contributed by atoms with Gasteiger partial charge in [-0.25, -0.2) is 9.13 Å². The molecule has 5 atom stereocenters. The number of hydrogen-bond acceptors (Lipinski definition) is 15. The molecule has 0 aliphatic heterocycles. The molecule has 0 saturated carbocycles. The van der Waals surface area contributed by atoms with Crippen molar-refractivity contribution >= 4 is 39.5 Å². The molecule has 0 aliphatic rings. The molecule has 0 fully saturated rings. The Balaban J connectivity index is 5.18. The summed E-state index contributed by atoms with van der Waals surface area (Å²) in [6.07, 6.45) is 55.8. The molecule has 0 aromatic rings. The Bertz CT molecular complexity index is 1790. The highest BCUT2D eigenvalue weighted by molar-refractivity contribution is 7.47. The molecule has 3 N–H and O–H groups in total. The van der Waals surface area contributed by atoms with Gasteiger partial charge in [-0.1, -0.05) is 336 Å². The number of rotatable bonds is 74. The molecule has 0 radical (unpaired) electrons. The summed E-state index contributed by atoms with van der Waals surface area (Å²) in [4.78, 5) is 72.6. The van der Waals surface area contributed by atoms with Crippen LogP contribution in [0.1, 0.15) is 388 Å². The first-order valence-electron chi connectivity index (χ1n) is 38.6. The van der Waals surface area contributed by atoms with Gasteiger partial charge in [0, 0.05) is 25.7 Å². The van der Waals surface area contributed by atoms with Gasteiger partial charge in [0.15, 0.2) is 12.2 Å². The second kappa shape index (κ2) is 67.3. The number of phosphoric acid groups is 2. The minimum atomic E-state index is -4.95. The zero-order valence-electron chi connectivity index (χ0n) is 60.4. The Kier molecular flexibility index (Phi) is 65.9. The van der Waals surface area contributed by atoms with Crippen molar-refractivity contribution in [3.8, 4) is 0 Å². The second-order valence-corrected chi connectivity index (χ2v) is 30.1. The highest BCUT2D eigenvalue weighted by Crippen LogP contribution is 2.45. The molecule has 0 heterocycles. The van der Waals surface area contributed by atoms with Crippen LogP contribution in [0.15, 0.2) is 0 Å². The van der Waals surface area contributed by atoms with Crippen molar-refractivity contribution in [3.05, 3.63) is 0 Å². The highest BCUT2D eigenvalue weighted by Gasteiger charge is 2.30. The van der Waals surface area contributed by atoms with Crippen LogP contribution in [0.4, 0.5) is 0 Å². The molecule has 2 unspecified atom stereocenters. The van der Waals surface area contributed by atoms with E-state index < -0.39 is 97.5 Å². The minimum Gasteiger partial charge on any atom is -0.462 e. The van der Waals surface area contributed by atoms with Crippen LogP contribution in [0.3, 0.4) is 0 Å². The van der Waals surface area contributed by atoms with Crippen molar-refractivity contribution in [3.63, 3.8) is 0 Å². The molecule has 0 aliphatic carbocycles. The molecule has 0 amide bonds. The number of hydrogen-bond donors (Lipinski definition) is 3. The number of aliphatic hydroxyl groups is 1. The van der Waals surface area contributed by atoms with Crippen LogP contribution in [0.25, 0.3) is 0 Å². The molecule has 19 heteroatoms. The predicted molar refractivity (Wildman–Crippen MR) is 377 cm³/mol. The molecule has 0 rings (SSSR count). The van der Waals surface area contributed by atoms with Crippen molar-refractivity contribution < 1.29 is 80.2 Å². The standard InChI is InChI=1S/C74H144O17P2/c1-6-9-12-15-18-20-22-24-26-28-29-30-32-34-36-38-44-49-54-59-73(78)90-70(64-85-72(77)58-53-48-43-37-35-33-31-27-25-23-21-19-16-13-10-7-2)66-89-93(82,83)87-62-68(75)61-86-92(80,81)88-65-69(63-84-71(76)57-52-47-41-17-14-11-8-3)91-74(79)60-55-50-45-40-39-42-46-51-56-67(4)5/h67-70,75H,6-66H2,1-5H3,(H,80,81)(H,82,83)/t68-,69+,70+/m0/s1. The first-order valence-corrected chi connectivity index (χ1v) is 41.6. The predicted octanol–water partition coefficient (Wildman–Crippen LogP) is 21.7. The molecular weight excluding hydrogens is 1220 g/mol. The molecule has 0 aromatic carbocycles. The number of aliphatic hydroxyl groups excluding tert-OH is 1. The second-order valence-electron chi connectivity index (χ2n) is 27.2. The van der Waals surface area contributed by atoms with E-state index in [0.717, 1.165) is 109 Å². The van der Waals surface area contributed by atoms with Crippen LogP contribution in [0, 0.1) is 5.92 Å². The SMILES string of the molecule is CCCCCCCCCCCCCCCCCCCCCC(=O)O[C@H](COC(=O)CCCCCCCCCCCCCCCCCC)COP(=O)(O)OC[C@@H](O)COP(=O)(O)OC[C@@H](COC(=O)CCCCCCCCC)OC(=O)CCCCCCCCCCC(C)C. The third-order valence-corrected chi connectivity index (χ3v) is 19.2. The van der Waals surface area contributed by atoms with Gasteiger partial charge in [-0.2, -0.15) is 0 Å². The Morgan fingerprint density at radius 2 is 0.495 bits per heavy atom. The number of phosphoric ester groups is 2. The van der Waals surface area contributed by atoms with Gasteiger partial charge in [-0.15, -0.1) is 0 Å². The lowest BCUT2D eigenvalue weighted by atomic mass is 10.0. The maximum Gasteiger partial charge on any atom is 0.472 e. The van der Waals surface area contributed by atoms with Crippen LogP contribution in [-0.4, -0.2) is 96.7 Å². The highest BCUT2D eigenvalue weighted by atomic mass is 31.2. The van der Waals surface area contributed by atoms with Crippen molar-refractivity contribution in [1.29, 1.82) is 0 Å². The zero-order valence-corrected chi connectivity index (χ0v) is 62.2. The molecule has 0 saturated heterocycles. The van der Waals surface area contributed by atoms with Crippen LogP contribution >= 0.6 is 15.6 Å². The fourth-order valence-electron chi connectivity index (χ4n) is 11.4. The lowest BCUT2D eigenvalue weighted by molar-refractivity contribution is -0.161. The minimum absolute atomic E-state index is 0.104. The fraction of sp³-hybridized carbons (Fsp3) is 0.946. The first-order chi connectivity index (χ1) is 45.0. The van der Waals surface area contributed by atoms with Crippen LogP contribution in [0.2, 0.25) is 0 Å². The Morgan fingerprint density at radius 1 is 0.290 bits per heavy atom. The first kappa shape index (κ1) is 91.1. The smallest absolute Gasteiger partial charge is 0.462 e.